The first-order valence-corrected chi connectivity index (χ1v) is 8.09. The topological polar surface area (TPSA) is 97.6 Å². The van der Waals surface area contributed by atoms with E-state index in [1.54, 1.807) is 45.0 Å². The molecule has 0 radical (unpaired) electrons. The standard InChI is InChI=1S/C19H24N2O5/c1-5-9-25-17(22)15-8-6-7-14(10-15)12-24-13-16(11-20)21-18(23)26-19(2,3)4/h5-8,10,16H,1,9,12-13H2,2-4H3,(H,21,23). The number of hydrogen-bond donors (Lipinski definition) is 1. The molecule has 7 heteroatoms. The first-order chi connectivity index (χ1) is 12.2. The minimum absolute atomic E-state index is 0.0130. The van der Waals surface area contributed by atoms with Crippen LogP contribution in [0, 0.1) is 11.3 Å². The number of rotatable bonds is 8. The molecule has 1 rings (SSSR count). The van der Waals surface area contributed by atoms with Crippen molar-refractivity contribution in [1.82, 2.24) is 5.32 Å². The molecule has 0 aromatic heterocycles. The SMILES string of the molecule is C=CCOC(=O)c1cccc(COCC(C#N)NC(=O)OC(C)(C)C)c1. The fourth-order valence-electron chi connectivity index (χ4n) is 1.86. The number of carbonyl (C=O) groups excluding carboxylic acids is 2. The van der Waals surface area contributed by atoms with Gasteiger partial charge in [0.05, 0.1) is 24.8 Å². The maximum Gasteiger partial charge on any atom is 0.408 e. The van der Waals surface area contributed by atoms with Crippen LogP contribution in [0.15, 0.2) is 36.9 Å². The van der Waals surface area contributed by atoms with Crippen LogP contribution in [0.1, 0.15) is 36.7 Å². The Balaban J connectivity index is 2.51. The molecule has 0 fully saturated rings. The van der Waals surface area contributed by atoms with Crippen LogP contribution in [0.2, 0.25) is 0 Å². The second-order valence-corrected chi connectivity index (χ2v) is 6.43. The number of amides is 1. The van der Waals surface area contributed by atoms with Crippen molar-refractivity contribution in [1.29, 1.82) is 5.26 Å². The van der Waals surface area contributed by atoms with E-state index in [1.165, 1.54) is 6.08 Å². The van der Waals surface area contributed by atoms with E-state index in [9.17, 15) is 9.59 Å². The van der Waals surface area contributed by atoms with Gasteiger partial charge in [0, 0.05) is 0 Å². The van der Waals surface area contributed by atoms with E-state index in [2.05, 4.69) is 11.9 Å². The van der Waals surface area contributed by atoms with Gasteiger partial charge >= 0.3 is 12.1 Å². The van der Waals surface area contributed by atoms with Crippen LogP contribution >= 0.6 is 0 Å². The summed E-state index contributed by atoms with van der Waals surface area (Å²) in [4.78, 5) is 23.5. The zero-order valence-electron chi connectivity index (χ0n) is 15.3. The Morgan fingerprint density at radius 1 is 1.38 bits per heavy atom. The zero-order valence-corrected chi connectivity index (χ0v) is 15.3. The lowest BCUT2D eigenvalue weighted by molar-refractivity contribution is 0.0460. The van der Waals surface area contributed by atoms with Gasteiger partial charge in [0.25, 0.3) is 0 Å². The number of benzene rings is 1. The Kier molecular flexibility index (Phi) is 8.32. The van der Waals surface area contributed by atoms with Crippen molar-refractivity contribution in [3.8, 4) is 6.07 Å². The molecule has 1 N–H and O–H groups in total. The average Bonchev–Trinajstić information content (AvgIpc) is 2.57. The largest absolute Gasteiger partial charge is 0.458 e. The van der Waals surface area contributed by atoms with Gasteiger partial charge in [-0.15, -0.1) is 0 Å². The lowest BCUT2D eigenvalue weighted by Gasteiger charge is -2.21. The molecule has 0 aliphatic heterocycles. The molecule has 26 heavy (non-hydrogen) atoms. The molecule has 0 bridgehead atoms. The molecule has 0 saturated carbocycles. The summed E-state index contributed by atoms with van der Waals surface area (Å²) in [5.41, 5.74) is 0.495. The summed E-state index contributed by atoms with van der Waals surface area (Å²) >= 11 is 0. The minimum Gasteiger partial charge on any atom is -0.458 e. The summed E-state index contributed by atoms with van der Waals surface area (Å²) < 4.78 is 15.5. The Morgan fingerprint density at radius 2 is 2.12 bits per heavy atom. The van der Waals surface area contributed by atoms with E-state index < -0.39 is 23.7 Å². The number of esters is 1. The van der Waals surface area contributed by atoms with Gasteiger partial charge in [-0.25, -0.2) is 9.59 Å². The van der Waals surface area contributed by atoms with Crippen molar-refractivity contribution in [2.24, 2.45) is 0 Å². The maximum absolute atomic E-state index is 11.8. The lowest BCUT2D eigenvalue weighted by atomic mass is 10.1. The Labute approximate surface area is 153 Å². The molecule has 1 aromatic carbocycles. The first-order valence-electron chi connectivity index (χ1n) is 8.09. The number of carbonyl (C=O) groups is 2. The molecule has 1 aromatic rings. The number of hydrogen-bond acceptors (Lipinski definition) is 6. The number of alkyl carbamates (subject to hydrolysis) is 1. The molecule has 0 spiro atoms. The van der Waals surface area contributed by atoms with Gasteiger partial charge in [-0.05, 0) is 38.5 Å². The van der Waals surface area contributed by atoms with Crippen LogP contribution in [0.25, 0.3) is 0 Å². The average molecular weight is 360 g/mol. The number of nitriles is 1. The van der Waals surface area contributed by atoms with Crippen LogP contribution in [-0.2, 0) is 20.8 Å². The highest BCUT2D eigenvalue weighted by Gasteiger charge is 2.19. The maximum atomic E-state index is 11.8. The highest BCUT2D eigenvalue weighted by molar-refractivity contribution is 5.89. The van der Waals surface area contributed by atoms with Gasteiger partial charge in [-0.2, -0.15) is 5.26 Å². The molecule has 0 saturated heterocycles. The van der Waals surface area contributed by atoms with Crippen LogP contribution in [-0.4, -0.2) is 36.9 Å². The monoisotopic (exact) mass is 360 g/mol. The van der Waals surface area contributed by atoms with Crippen LogP contribution in [0.3, 0.4) is 0 Å². The summed E-state index contributed by atoms with van der Waals surface area (Å²) in [5.74, 6) is -0.451. The van der Waals surface area contributed by atoms with Gasteiger partial charge in [-0.1, -0.05) is 24.8 Å². The van der Waals surface area contributed by atoms with Crippen molar-refractivity contribution in [3.05, 3.63) is 48.0 Å². The van der Waals surface area contributed by atoms with Crippen molar-refractivity contribution in [2.75, 3.05) is 13.2 Å². The van der Waals surface area contributed by atoms with Crippen molar-refractivity contribution < 1.29 is 23.8 Å². The van der Waals surface area contributed by atoms with E-state index in [1.807, 2.05) is 6.07 Å². The van der Waals surface area contributed by atoms with Gasteiger partial charge in [0.1, 0.15) is 18.2 Å². The molecular weight excluding hydrogens is 336 g/mol. The molecule has 7 nitrogen and oxygen atoms in total. The van der Waals surface area contributed by atoms with Gasteiger partial charge in [-0.3, -0.25) is 0 Å². The third kappa shape index (κ3) is 8.31. The quantitative estimate of drug-likeness (QED) is 0.565. The van der Waals surface area contributed by atoms with E-state index >= 15 is 0 Å². The highest BCUT2D eigenvalue weighted by atomic mass is 16.6. The van der Waals surface area contributed by atoms with E-state index in [0.717, 1.165) is 5.56 Å². The fraction of sp³-hybridized carbons (Fsp3) is 0.421. The smallest absolute Gasteiger partial charge is 0.408 e. The van der Waals surface area contributed by atoms with Gasteiger partial charge < -0.3 is 19.5 Å². The predicted molar refractivity (Wildman–Crippen MR) is 95.3 cm³/mol. The van der Waals surface area contributed by atoms with Crippen LogP contribution < -0.4 is 5.32 Å². The van der Waals surface area contributed by atoms with Crippen LogP contribution in [0.4, 0.5) is 4.79 Å². The van der Waals surface area contributed by atoms with Gasteiger partial charge in [0.15, 0.2) is 0 Å². The second kappa shape index (κ2) is 10.2. The number of nitrogens with one attached hydrogen (secondary N) is 1. The molecule has 0 heterocycles. The van der Waals surface area contributed by atoms with Crippen molar-refractivity contribution >= 4 is 12.1 Å². The third-order valence-corrected chi connectivity index (χ3v) is 2.90. The summed E-state index contributed by atoms with van der Waals surface area (Å²) in [6.07, 6.45) is 0.810. The Morgan fingerprint density at radius 3 is 2.73 bits per heavy atom. The number of ether oxygens (including phenoxy) is 3. The molecule has 1 unspecified atom stereocenters. The van der Waals surface area contributed by atoms with E-state index in [4.69, 9.17) is 19.5 Å². The summed E-state index contributed by atoms with van der Waals surface area (Å²) in [7, 11) is 0. The highest BCUT2D eigenvalue weighted by Crippen LogP contribution is 2.09. The molecule has 0 aliphatic carbocycles. The van der Waals surface area contributed by atoms with Crippen molar-refractivity contribution in [3.63, 3.8) is 0 Å². The lowest BCUT2D eigenvalue weighted by Crippen LogP contribution is -2.40. The van der Waals surface area contributed by atoms with Crippen molar-refractivity contribution in [2.45, 2.75) is 39.0 Å². The van der Waals surface area contributed by atoms with E-state index in [0.29, 0.717) is 5.56 Å². The summed E-state index contributed by atoms with van der Waals surface area (Å²) in [6.45, 7) is 8.99. The zero-order chi connectivity index (χ0) is 19.6. The molecule has 1 atom stereocenters. The molecule has 0 aliphatic rings. The minimum atomic E-state index is -0.842. The second-order valence-electron chi connectivity index (χ2n) is 6.43. The molecule has 140 valence electrons. The van der Waals surface area contributed by atoms with E-state index in [-0.39, 0.29) is 19.8 Å². The Hall–Kier alpha value is -2.85. The van der Waals surface area contributed by atoms with Crippen LogP contribution in [0.5, 0.6) is 0 Å². The molecular formula is C19H24N2O5. The number of nitrogens with zero attached hydrogens (tertiary/aromatic N) is 1. The summed E-state index contributed by atoms with van der Waals surface area (Å²) in [5, 5.41) is 11.5. The third-order valence-electron chi connectivity index (χ3n) is 2.90. The molecule has 1 amide bonds. The predicted octanol–water partition coefficient (Wildman–Crippen LogP) is 2.96. The fourth-order valence-corrected chi connectivity index (χ4v) is 1.86. The normalized spacial score (nSPS) is 11.8. The Bertz CT molecular complexity index is 673. The summed E-state index contributed by atoms with van der Waals surface area (Å²) in [6, 6.07) is 7.88. The van der Waals surface area contributed by atoms with Gasteiger partial charge in [0.2, 0.25) is 0 Å². The first kappa shape index (κ1) is 21.2.